The largest absolute Gasteiger partial charge is 0.739 e. The standard InChI is InChI=1S/C8H7NO6S2/c10-8(5-16-17(13,14)15)6-1-3-7(4-2-6)9(11)12/h1-4H,5H2,(H,13,14,15)/p-1. The van der Waals surface area contributed by atoms with Crippen LogP contribution in [0.15, 0.2) is 24.3 Å². The zero-order chi connectivity index (χ0) is 13.1. The summed E-state index contributed by atoms with van der Waals surface area (Å²) in [6.45, 7) is 0. The van der Waals surface area contributed by atoms with E-state index >= 15 is 0 Å². The average Bonchev–Trinajstić information content (AvgIpc) is 2.25. The van der Waals surface area contributed by atoms with Gasteiger partial charge in [-0.3, -0.25) is 14.9 Å². The van der Waals surface area contributed by atoms with Crippen LogP contribution in [0.3, 0.4) is 0 Å². The molecule has 9 heteroatoms. The number of benzene rings is 1. The number of rotatable bonds is 5. The molecule has 92 valence electrons. The summed E-state index contributed by atoms with van der Waals surface area (Å²) in [5.41, 5.74) is -0.0580. The van der Waals surface area contributed by atoms with Crippen molar-refractivity contribution in [3.05, 3.63) is 39.9 Å². The van der Waals surface area contributed by atoms with E-state index in [-0.39, 0.29) is 22.0 Å². The Bertz CT molecular complexity index is 536. The summed E-state index contributed by atoms with van der Waals surface area (Å²) in [6.07, 6.45) is 0. The highest BCUT2D eigenvalue weighted by Crippen LogP contribution is 2.15. The lowest BCUT2D eigenvalue weighted by molar-refractivity contribution is -0.384. The van der Waals surface area contributed by atoms with E-state index < -0.39 is 25.6 Å². The van der Waals surface area contributed by atoms with Crippen LogP contribution in [0.4, 0.5) is 5.69 Å². The van der Waals surface area contributed by atoms with Crippen LogP contribution in [0.1, 0.15) is 10.4 Å². The summed E-state index contributed by atoms with van der Waals surface area (Å²) in [5, 5.41) is 10.3. The molecule has 0 aliphatic rings. The number of nitrogens with zero attached hydrogens (tertiary/aromatic N) is 1. The third-order valence-corrected chi connectivity index (χ3v) is 3.62. The molecule has 0 saturated carbocycles. The molecule has 0 fully saturated rings. The molecule has 0 amide bonds. The molecular formula is C8H6NO6S2-. The minimum absolute atomic E-state index is 0.0197. The third-order valence-electron chi connectivity index (χ3n) is 1.73. The fraction of sp³-hybridized carbons (Fsp3) is 0.125. The molecule has 0 bridgehead atoms. The number of non-ortho nitro benzene ring substituents is 1. The Morgan fingerprint density at radius 3 is 2.24 bits per heavy atom. The second-order valence-corrected chi connectivity index (χ2v) is 6.17. The van der Waals surface area contributed by atoms with Gasteiger partial charge in [-0.1, -0.05) is 0 Å². The van der Waals surface area contributed by atoms with E-state index in [2.05, 4.69) is 0 Å². The van der Waals surface area contributed by atoms with E-state index in [1.165, 1.54) is 12.1 Å². The monoisotopic (exact) mass is 276 g/mol. The second kappa shape index (κ2) is 5.25. The summed E-state index contributed by atoms with van der Waals surface area (Å²) in [7, 11) is -4.53. The molecule has 0 saturated heterocycles. The first-order chi connectivity index (χ1) is 7.79. The van der Waals surface area contributed by atoms with Crippen molar-refractivity contribution < 1.29 is 22.7 Å². The van der Waals surface area contributed by atoms with Crippen LogP contribution >= 0.6 is 10.8 Å². The number of carbonyl (C=O) groups excluding carboxylic acids is 1. The molecule has 0 heterocycles. The predicted octanol–water partition coefficient (Wildman–Crippen LogP) is 0.971. The molecule has 7 nitrogen and oxygen atoms in total. The van der Waals surface area contributed by atoms with Crippen molar-refractivity contribution in [2.75, 3.05) is 5.75 Å². The Morgan fingerprint density at radius 1 is 1.29 bits per heavy atom. The van der Waals surface area contributed by atoms with Crippen molar-refractivity contribution in [1.29, 1.82) is 0 Å². The molecule has 1 aromatic rings. The topological polar surface area (TPSA) is 117 Å². The number of hydrogen-bond acceptors (Lipinski definition) is 7. The maximum atomic E-state index is 11.4. The van der Waals surface area contributed by atoms with Gasteiger partial charge in [0.05, 0.1) is 10.7 Å². The van der Waals surface area contributed by atoms with E-state index in [9.17, 15) is 27.9 Å². The summed E-state index contributed by atoms with van der Waals surface area (Å²) >= 11 is 0. The van der Waals surface area contributed by atoms with Crippen molar-refractivity contribution >= 4 is 31.4 Å². The highest BCUT2D eigenvalue weighted by atomic mass is 33.1. The number of hydrogen-bond donors (Lipinski definition) is 0. The Balaban J connectivity index is 2.74. The fourth-order valence-electron chi connectivity index (χ4n) is 0.978. The summed E-state index contributed by atoms with van der Waals surface area (Å²) in [4.78, 5) is 21.1. The number of nitro benzene ring substituents is 1. The van der Waals surface area contributed by atoms with Crippen LogP contribution in [0.2, 0.25) is 0 Å². The zero-order valence-corrected chi connectivity index (χ0v) is 9.86. The maximum Gasteiger partial charge on any atom is 0.269 e. The Kier molecular flexibility index (Phi) is 4.21. The van der Waals surface area contributed by atoms with Gasteiger partial charge in [0.2, 0.25) is 0 Å². The number of ketones is 1. The Hall–Kier alpha value is -1.45. The van der Waals surface area contributed by atoms with Crippen molar-refractivity contribution in [3.63, 3.8) is 0 Å². The molecule has 1 rings (SSSR count). The van der Waals surface area contributed by atoms with Crippen molar-refractivity contribution in [2.45, 2.75) is 0 Å². The van der Waals surface area contributed by atoms with E-state index in [0.29, 0.717) is 0 Å². The third kappa shape index (κ3) is 4.51. The first-order valence-corrected chi connectivity index (χ1v) is 7.08. The van der Waals surface area contributed by atoms with Crippen LogP contribution in [-0.2, 0) is 9.15 Å². The van der Waals surface area contributed by atoms with Crippen molar-refractivity contribution in [3.8, 4) is 0 Å². The molecule has 0 aliphatic carbocycles. The molecule has 0 atom stereocenters. The maximum absolute atomic E-state index is 11.4. The van der Waals surface area contributed by atoms with Gasteiger partial charge in [0, 0.05) is 17.7 Å². The van der Waals surface area contributed by atoms with E-state index in [1.54, 1.807) is 0 Å². The molecular weight excluding hydrogens is 270 g/mol. The normalized spacial score (nSPS) is 11.1. The Labute approximate surface area is 100 Å². The first kappa shape index (κ1) is 13.6. The molecule has 0 spiro atoms. The van der Waals surface area contributed by atoms with Gasteiger partial charge in [-0.2, -0.15) is 0 Å². The van der Waals surface area contributed by atoms with Gasteiger partial charge in [-0.05, 0) is 22.9 Å². The Morgan fingerprint density at radius 2 is 1.82 bits per heavy atom. The van der Waals surface area contributed by atoms with Gasteiger partial charge >= 0.3 is 0 Å². The van der Waals surface area contributed by atoms with E-state index in [4.69, 9.17) is 0 Å². The second-order valence-electron chi connectivity index (χ2n) is 2.90. The molecule has 17 heavy (non-hydrogen) atoms. The quantitative estimate of drug-likeness (QED) is 0.258. The fourth-order valence-corrected chi connectivity index (χ4v) is 2.15. The molecule has 0 N–H and O–H groups in total. The lowest BCUT2D eigenvalue weighted by Crippen LogP contribution is -2.05. The van der Waals surface area contributed by atoms with Gasteiger partial charge in [-0.15, -0.1) is 0 Å². The minimum atomic E-state index is -4.51. The summed E-state index contributed by atoms with van der Waals surface area (Å²) < 4.78 is 30.8. The minimum Gasteiger partial charge on any atom is -0.739 e. The SMILES string of the molecule is O=C(CSS(=O)(=O)[O-])c1ccc([N+](=O)[O-])cc1. The van der Waals surface area contributed by atoms with Gasteiger partial charge in [-0.25, -0.2) is 8.42 Å². The van der Waals surface area contributed by atoms with Gasteiger partial charge in [0.15, 0.2) is 5.78 Å². The number of Topliss-reactive ketones (excluding diaryl/α,β-unsaturated/α-hetero) is 1. The number of nitro groups is 1. The summed E-state index contributed by atoms with van der Waals surface area (Å²) in [6, 6.07) is 4.67. The average molecular weight is 276 g/mol. The van der Waals surface area contributed by atoms with Gasteiger partial charge < -0.3 is 4.55 Å². The number of carbonyl (C=O) groups is 1. The summed E-state index contributed by atoms with van der Waals surface area (Å²) in [5.74, 6) is -1.09. The zero-order valence-electron chi connectivity index (χ0n) is 8.23. The van der Waals surface area contributed by atoms with Crippen LogP contribution < -0.4 is 0 Å². The van der Waals surface area contributed by atoms with E-state index in [1.807, 2.05) is 0 Å². The van der Waals surface area contributed by atoms with Crippen LogP contribution in [0.5, 0.6) is 0 Å². The van der Waals surface area contributed by atoms with Crippen molar-refractivity contribution in [2.24, 2.45) is 0 Å². The lowest BCUT2D eigenvalue weighted by atomic mass is 10.1. The van der Waals surface area contributed by atoms with Crippen molar-refractivity contribution in [1.82, 2.24) is 0 Å². The van der Waals surface area contributed by atoms with E-state index in [0.717, 1.165) is 12.1 Å². The van der Waals surface area contributed by atoms with Gasteiger partial charge in [0.1, 0.15) is 9.15 Å². The molecule has 0 radical (unpaired) electrons. The van der Waals surface area contributed by atoms with Crippen LogP contribution in [-0.4, -0.2) is 29.4 Å². The molecule has 0 aliphatic heterocycles. The smallest absolute Gasteiger partial charge is 0.269 e. The van der Waals surface area contributed by atoms with Gasteiger partial charge in [0.25, 0.3) is 5.69 Å². The highest BCUT2D eigenvalue weighted by Gasteiger charge is 2.10. The van der Waals surface area contributed by atoms with Crippen LogP contribution in [0, 0.1) is 10.1 Å². The molecule has 0 aromatic heterocycles. The van der Waals surface area contributed by atoms with Crippen LogP contribution in [0.25, 0.3) is 0 Å². The lowest BCUT2D eigenvalue weighted by Gasteiger charge is -2.04. The molecule has 1 aromatic carbocycles. The predicted molar refractivity (Wildman–Crippen MR) is 59.6 cm³/mol. The first-order valence-electron chi connectivity index (χ1n) is 4.17. The molecule has 0 unspecified atom stereocenters. The highest BCUT2D eigenvalue weighted by molar-refractivity contribution is 8.70.